The summed E-state index contributed by atoms with van der Waals surface area (Å²) >= 11 is 0. The van der Waals surface area contributed by atoms with Gasteiger partial charge in [0, 0.05) is 46.7 Å². The molecule has 28 atom stereocenters. The molecule has 13 nitrogen and oxygen atoms in total. The van der Waals surface area contributed by atoms with Gasteiger partial charge in [0.25, 0.3) is 0 Å². The molecule has 1 aromatic carbocycles. The van der Waals surface area contributed by atoms with Gasteiger partial charge in [0.15, 0.2) is 11.9 Å². The van der Waals surface area contributed by atoms with Crippen molar-refractivity contribution in [3.05, 3.63) is 95.6 Å². The van der Waals surface area contributed by atoms with Crippen LogP contribution in [0.25, 0.3) is 0 Å². The quantitative estimate of drug-likeness (QED) is 0.106. The topological polar surface area (TPSA) is 181 Å². The number of carbonyl (C=O) groups is 3. The van der Waals surface area contributed by atoms with Gasteiger partial charge in [-0.3, -0.25) is 14.9 Å². The van der Waals surface area contributed by atoms with E-state index in [0.29, 0.717) is 60.7 Å². The number of rotatable bonds is 9. The molecule has 7 aliphatic heterocycles. The zero-order chi connectivity index (χ0) is 59.3. The van der Waals surface area contributed by atoms with Crippen LogP contribution in [0.15, 0.2) is 83.2 Å². The molecule has 88 heavy (non-hydrogen) atoms. The second-order valence-corrected chi connectivity index (χ2v) is 33.4. The van der Waals surface area contributed by atoms with Crippen molar-refractivity contribution in [1.29, 1.82) is 0 Å². The monoisotopic (exact) mass is 1200 g/mol. The number of epoxide rings is 1. The van der Waals surface area contributed by atoms with Crippen molar-refractivity contribution >= 4 is 17.7 Å². The zero-order valence-corrected chi connectivity index (χ0v) is 51.9. The van der Waals surface area contributed by atoms with Gasteiger partial charge in [0.1, 0.15) is 35.8 Å². The molecule has 0 amide bonds. The summed E-state index contributed by atoms with van der Waals surface area (Å²) < 4.78 is 37.3. The predicted octanol–water partition coefficient (Wildman–Crippen LogP) is 10.6. The normalized spacial score (nSPS) is 53.2. The third-order valence-corrected chi connectivity index (χ3v) is 31.1. The van der Waals surface area contributed by atoms with Crippen LogP contribution >= 0.6 is 0 Å². The minimum Gasteiger partial charge on any atom is -0.469 e. The van der Waals surface area contributed by atoms with Crippen molar-refractivity contribution < 1.29 is 53.1 Å². The number of Topliss-reactive ketones (excluding diaryl/α,β-unsaturated/α-hetero) is 1. The summed E-state index contributed by atoms with van der Waals surface area (Å²) in [6.45, 7) is 6.35. The number of cyclic esters (lactones) is 2. The van der Waals surface area contributed by atoms with E-state index in [0.717, 1.165) is 115 Å². The maximum Gasteiger partial charge on any atom is 0.339 e. The molecule has 13 heteroatoms. The Hall–Kier alpha value is -4.11. The van der Waals surface area contributed by atoms with E-state index < -0.39 is 86.6 Å². The Morgan fingerprint density at radius 2 is 1.73 bits per heavy atom. The largest absolute Gasteiger partial charge is 0.469 e. The van der Waals surface area contributed by atoms with Crippen LogP contribution in [-0.4, -0.2) is 106 Å². The van der Waals surface area contributed by atoms with E-state index in [1.165, 1.54) is 36.8 Å². The minimum absolute atomic E-state index is 0.0538. The highest BCUT2D eigenvalue weighted by atomic mass is 16.7. The van der Waals surface area contributed by atoms with E-state index in [1.54, 1.807) is 6.26 Å². The summed E-state index contributed by atoms with van der Waals surface area (Å²) in [5, 5.41) is 41.5. The Morgan fingerprint density at radius 1 is 0.864 bits per heavy atom. The second-order valence-electron chi connectivity index (χ2n) is 33.4. The number of allylic oxidation sites excluding steroid dienone is 2. The summed E-state index contributed by atoms with van der Waals surface area (Å²) in [6.07, 6.45) is 30.0. The zero-order valence-electron chi connectivity index (χ0n) is 51.9. The summed E-state index contributed by atoms with van der Waals surface area (Å²) in [5.41, 5.74) is -4.34. The third-order valence-electron chi connectivity index (χ3n) is 31.1. The van der Waals surface area contributed by atoms with Crippen LogP contribution in [-0.2, 0) is 46.2 Å². The maximum atomic E-state index is 17.8. The van der Waals surface area contributed by atoms with Crippen LogP contribution in [0.1, 0.15) is 165 Å². The van der Waals surface area contributed by atoms with Gasteiger partial charge in [0.05, 0.1) is 48.5 Å². The summed E-state index contributed by atoms with van der Waals surface area (Å²) in [7, 11) is 0. The van der Waals surface area contributed by atoms with Crippen LogP contribution in [0.2, 0.25) is 0 Å². The molecule has 5 bridgehead atoms. The van der Waals surface area contributed by atoms with E-state index in [4.69, 9.17) is 23.4 Å². The van der Waals surface area contributed by atoms with Crippen LogP contribution in [0.3, 0.4) is 0 Å². The summed E-state index contributed by atoms with van der Waals surface area (Å²) in [6, 6.07) is 13.2. The van der Waals surface area contributed by atoms with Crippen molar-refractivity contribution in [1.82, 2.24) is 10.2 Å². The molecule has 17 aliphatic rings. The molecule has 0 unspecified atom stereocenters. The lowest BCUT2D eigenvalue weighted by Crippen LogP contribution is -2.82. The van der Waals surface area contributed by atoms with Crippen molar-refractivity contribution in [2.75, 3.05) is 26.4 Å². The lowest BCUT2D eigenvalue weighted by Gasteiger charge is -2.73. The lowest BCUT2D eigenvalue weighted by atomic mass is 9.29. The molecular formula is C75H94N2O11. The molecule has 470 valence electrons. The van der Waals surface area contributed by atoms with Crippen molar-refractivity contribution in [3.63, 3.8) is 0 Å². The highest BCUT2D eigenvalue weighted by Gasteiger charge is 2.99. The number of ketones is 1. The first-order valence-electron chi connectivity index (χ1n) is 35.6. The predicted molar refractivity (Wildman–Crippen MR) is 324 cm³/mol. The van der Waals surface area contributed by atoms with E-state index in [2.05, 4.69) is 84.9 Å². The molecule has 9 saturated carbocycles. The first-order valence-corrected chi connectivity index (χ1v) is 35.6. The summed E-state index contributed by atoms with van der Waals surface area (Å²) in [5.74, 6) is 0.369. The van der Waals surface area contributed by atoms with Crippen molar-refractivity contribution in [2.45, 2.75) is 202 Å². The number of nitrogens with zero attached hydrogens (tertiary/aromatic N) is 1. The Labute approximate surface area is 518 Å². The number of furan rings is 1. The molecule has 1 aromatic heterocycles. The molecular weight excluding hydrogens is 1100 g/mol. The molecule has 6 spiro atoms. The Morgan fingerprint density at radius 3 is 2.60 bits per heavy atom. The summed E-state index contributed by atoms with van der Waals surface area (Å²) in [4.78, 5) is 52.0. The molecule has 0 radical (unpaired) electrons. The van der Waals surface area contributed by atoms with Gasteiger partial charge < -0.3 is 43.6 Å². The average molecular weight is 1200 g/mol. The van der Waals surface area contributed by atoms with E-state index in [1.807, 2.05) is 6.07 Å². The Kier molecular flexibility index (Phi) is 11.9. The van der Waals surface area contributed by atoms with Gasteiger partial charge >= 0.3 is 11.9 Å². The molecule has 14 fully saturated rings. The molecule has 5 saturated heterocycles. The number of benzene rings is 1. The molecule has 4 N–H and O–H groups in total. The van der Waals surface area contributed by atoms with E-state index >= 15 is 14.4 Å². The number of carbonyl (C=O) groups excluding carboxylic acids is 3. The third kappa shape index (κ3) is 6.46. The van der Waals surface area contributed by atoms with E-state index in [-0.39, 0.29) is 71.8 Å². The van der Waals surface area contributed by atoms with Crippen LogP contribution in [0.4, 0.5) is 0 Å². The number of fused-ring (bicyclic) bond motifs is 5. The number of hydrogen-bond donors (Lipinski definition) is 4. The smallest absolute Gasteiger partial charge is 0.339 e. The average Bonchev–Trinajstić information content (AvgIpc) is 1.41. The number of ether oxygens (including phenoxy) is 4. The van der Waals surface area contributed by atoms with Crippen LogP contribution in [0.5, 0.6) is 0 Å². The molecule has 2 aromatic rings. The Bertz CT molecular complexity index is 3340. The lowest BCUT2D eigenvalue weighted by molar-refractivity contribution is -0.301. The number of hydrogen-bond acceptors (Lipinski definition) is 13. The van der Waals surface area contributed by atoms with Crippen molar-refractivity contribution in [3.8, 4) is 0 Å². The number of nitrogens with one attached hydrogen (secondary N) is 1. The van der Waals surface area contributed by atoms with Gasteiger partial charge in [0.2, 0.25) is 0 Å². The first kappa shape index (κ1) is 55.5. The second kappa shape index (κ2) is 18.8. The van der Waals surface area contributed by atoms with Crippen molar-refractivity contribution in [2.24, 2.45) is 116 Å². The van der Waals surface area contributed by atoms with Crippen LogP contribution < -0.4 is 5.32 Å². The maximum absolute atomic E-state index is 17.8. The van der Waals surface area contributed by atoms with Gasteiger partial charge in [-0.2, -0.15) is 0 Å². The number of esters is 2. The van der Waals surface area contributed by atoms with Gasteiger partial charge in [-0.25, -0.2) is 4.79 Å². The fourth-order valence-corrected chi connectivity index (χ4v) is 28.6. The highest BCUT2D eigenvalue weighted by molar-refractivity contribution is 5.94. The van der Waals surface area contributed by atoms with Gasteiger partial charge in [-0.15, -0.1) is 0 Å². The molecule has 19 rings (SSSR count). The fraction of sp³-hybridized carbons (Fsp3) is 0.747. The SMILES string of the molecule is C[C@H]1[C@H]2CCCC[C@H]2CC[C@@]12C=CC[C@]13O[C@]45C(=C[C@@H]21)C[C@@H]1CCC[C@]12C[C@@H]1C[C@@]6(C)[C@H](c7ccoc7C[C@@H]([C@H]7CC[C@@H]8[C@H](C=CN9CNC[C@@H]89)C7)[C@H](O)CO)OC(=O)[C@H]7O[C@]76[C@]6([C@H]7CCC[C@H](Cc8ccccc8)C7)[C@H](O)C(=O)[C@H]3[C@@]4(COC(=O)[C@H]25)[C@@H]16. The first-order chi connectivity index (χ1) is 42.7. The van der Waals surface area contributed by atoms with Crippen LogP contribution in [0, 0.1) is 116 Å². The van der Waals surface area contributed by atoms with Gasteiger partial charge in [-0.05, 0) is 196 Å². The number of aliphatic hydroxyl groups is 3. The number of aliphatic hydroxyl groups excluding tert-OH is 3. The Balaban J connectivity index is 0.799. The standard InChI is InChI=1S/C75H94N2O11/c1-41-51-17-7-6-14-44(51)20-26-69(41)24-10-25-72-58(69)33-50-32-48-16-9-23-70(48)36-47-35-68(2)64(53-22-28-84-57(53)34-54(56(79)38-78)45-18-19-52-46(31-45)21-27-77-40-76-37-55(52)77)86-67(83)65-75(68,87-65)73(49-15-8-13-43(30-49)29-42-11-4-3-5-12-42)60(47)71(61(72)59(80)63(73)81)39-85-66(82)62(70)74(50,71)88-72/h3-5,10-12,21-22,24,27-28,33,41,43-49,51-52,54-56,58,60-65,76,78-79,81H,6-9,13-20,23,25-26,29-32,34-40H2,1-2H3/t41-,43+,44-,45-,46+,47-,48-,49-,51+,52+,54-,55-,56+,58-,60+,61-,62+,63+,64-,65+,68-,69-,70-,71+,72-,73-,74-,75+/m0/s1. The van der Waals surface area contributed by atoms with Gasteiger partial charge in [-0.1, -0.05) is 107 Å². The van der Waals surface area contributed by atoms with E-state index in [9.17, 15) is 15.3 Å². The highest BCUT2D eigenvalue weighted by Crippen LogP contribution is 2.91. The molecule has 10 aliphatic carbocycles. The fourth-order valence-electron chi connectivity index (χ4n) is 28.6. The minimum atomic E-state index is -1.51. The molecule has 8 heterocycles.